The summed E-state index contributed by atoms with van der Waals surface area (Å²) in [6.07, 6.45) is 0.538. The highest BCUT2D eigenvalue weighted by Gasteiger charge is 2.34. The molecular weight excluding hydrogens is 435 g/mol. The molecule has 2 aromatic carbocycles. The Bertz CT molecular complexity index is 1220. The van der Waals surface area contributed by atoms with E-state index in [1.54, 1.807) is 17.0 Å². The predicted octanol–water partition coefficient (Wildman–Crippen LogP) is 5.41. The minimum Gasteiger partial charge on any atom is -0.507 e. The number of phenols is 1. The van der Waals surface area contributed by atoms with Crippen molar-refractivity contribution in [3.63, 3.8) is 0 Å². The van der Waals surface area contributed by atoms with Gasteiger partial charge in [-0.3, -0.25) is 14.7 Å². The molecule has 2 heterocycles. The fourth-order valence-corrected chi connectivity index (χ4v) is 3.79. The summed E-state index contributed by atoms with van der Waals surface area (Å²) in [6.45, 7) is 3.78. The van der Waals surface area contributed by atoms with Crippen LogP contribution >= 0.6 is 0 Å². The van der Waals surface area contributed by atoms with Gasteiger partial charge in [0.1, 0.15) is 17.7 Å². The molecule has 1 aliphatic rings. The smallest absolute Gasteiger partial charge is 0.507 e. The zero-order valence-electron chi connectivity index (χ0n) is 17.7. The first-order chi connectivity index (χ1) is 15.6. The van der Waals surface area contributed by atoms with E-state index in [2.05, 4.69) is 15.0 Å². The SMILES string of the molecule is Cc1cccc(C)c1N1C(=O)c2ccncc2NC1/C=C/c1cc(OC(F)(F)F)ccc1O. The lowest BCUT2D eigenvalue weighted by molar-refractivity contribution is -0.274. The van der Waals surface area contributed by atoms with Crippen molar-refractivity contribution in [2.45, 2.75) is 26.4 Å². The van der Waals surface area contributed by atoms with Crippen molar-refractivity contribution >= 4 is 23.4 Å². The molecule has 0 spiro atoms. The van der Waals surface area contributed by atoms with Gasteiger partial charge in [0.15, 0.2) is 0 Å². The molecule has 0 radical (unpaired) electrons. The predicted molar refractivity (Wildman–Crippen MR) is 118 cm³/mol. The third kappa shape index (κ3) is 4.62. The molecule has 1 atom stereocenters. The van der Waals surface area contributed by atoms with E-state index < -0.39 is 18.3 Å². The maximum atomic E-state index is 13.5. The van der Waals surface area contributed by atoms with Crippen LogP contribution in [0.4, 0.5) is 24.5 Å². The van der Waals surface area contributed by atoms with Gasteiger partial charge in [-0.2, -0.15) is 0 Å². The van der Waals surface area contributed by atoms with Crippen LogP contribution in [0.25, 0.3) is 6.08 Å². The molecule has 170 valence electrons. The van der Waals surface area contributed by atoms with E-state index in [0.717, 1.165) is 29.3 Å². The van der Waals surface area contributed by atoms with Gasteiger partial charge in [0, 0.05) is 11.8 Å². The molecule has 1 aliphatic heterocycles. The van der Waals surface area contributed by atoms with Gasteiger partial charge in [0.25, 0.3) is 5.91 Å². The Labute approximate surface area is 188 Å². The van der Waals surface area contributed by atoms with Crippen molar-refractivity contribution in [2.24, 2.45) is 0 Å². The summed E-state index contributed by atoms with van der Waals surface area (Å²) in [7, 11) is 0. The normalized spacial score (nSPS) is 16.0. The number of aromatic nitrogens is 1. The topological polar surface area (TPSA) is 74.7 Å². The van der Waals surface area contributed by atoms with Crippen LogP contribution < -0.4 is 15.0 Å². The lowest BCUT2D eigenvalue weighted by Crippen LogP contribution is -2.48. The summed E-state index contributed by atoms with van der Waals surface area (Å²) in [6, 6.07) is 10.5. The van der Waals surface area contributed by atoms with E-state index in [9.17, 15) is 23.1 Å². The molecule has 2 N–H and O–H groups in total. The fraction of sp³-hybridized carbons (Fsp3) is 0.167. The average Bonchev–Trinajstić information content (AvgIpc) is 2.74. The number of benzene rings is 2. The molecule has 0 saturated heterocycles. The number of ether oxygens (including phenoxy) is 1. The van der Waals surface area contributed by atoms with Crippen LogP contribution in [0, 0.1) is 13.8 Å². The Morgan fingerprint density at radius 1 is 1.15 bits per heavy atom. The van der Waals surface area contributed by atoms with Crippen LogP contribution in [-0.4, -0.2) is 28.5 Å². The molecule has 0 fully saturated rings. The second kappa shape index (κ2) is 8.50. The van der Waals surface area contributed by atoms with Gasteiger partial charge in [-0.1, -0.05) is 24.3 Å². The third-order valence-corrected chi connectivity index (χ3v) is 5.22. The van der Waals surface area contributed by atoms with Crippen LogP contribution in [0.2, 0.25) is 0 Å². The number of nitrogens with one attached hydrogen (secondary N) is 1. The number of rotatable bonds is 4. The number of fused-ring (bicyclic) bond motifs is 1. The molecular formula is C24H20F3N3O3. The van der Waals surface area contributed by atoms with Gasteiger partial charge in [-0.05, 0) is 55.3 Å². The van der Waals surface area contributed by atoms with Gasteiger partial charge in [0.05, 0.1) is 23.1 Å². The lowest BCUT2D eigenvalue weighted by atomic mass is 10.0. The van der Waals surface area contributed by atoms with E-state index >= 15 is 0 Å². The first kappa shape index (κ1) is 22.2. The molecule has 3 aromatic rings. The number of anilines is 2. The Morgan fingerprint density at radius 2 is 1.88 bits per heavy atom. The highest BCUT2D eigenvalue weighted by molar-refractivity contribution is 6.12. The van der Waals surface area contributed by atoms with Gasteiger partial charge >= 0.3 is 6.36 Å². The molecule has 4 rings (SSSR count). The molecule has 1 aromatic heterocycles. The van der Waals surface area contributed by atoms with Crippen LogP contribution in [-0.2, 0) is 0 Å². The molecule has 1 unspecified atom stereocenters. The lowest BCUT2D eigenvalue weighted by Gasteiger charge is -2.37. The average molecular weight is 455 g/mol. The highest BCUT2D eigenvalue weighted by Crippen LogP contribution is 2.34. The number of pyridine rings is 1. The van der Waals surface area contributed by atoms with Crippen LogP contribution in [0.15, 0.2) is 60.9 Å². The minimum absolute atomic E-state index is 0.101. The van der Waals surface area contributed by atoms with Crippen molar-refractivity contribution in [1.29, 1.82) is 0 Å². The zero-order valence-corrected chi connectivity index (χ0v) is 17.7. The summed E-state index contributed by atoms with van der Waals surface area (Å²) in [5, 5.41) is 13.4. The second-order valence-corrected chi connectivity index (χ2v) is 7.55. The summed E-state index contributed by atoms with van der Waals surface area (Å²) < 4.78 is 41.7. The standard InChI is InChI=1S/C24H20F3N3O3/c1-14-4-3-5-15(2)22(14)30-21(29-19-13-28-11-10-18(19)23(30)32)9-6-16-12-17(7-8-20(16)31)33-24(25,26)27/h3-13,21,29,31H,1-2H3/b9-6+. The first-order valence-corrected chi connectivity index (χ1v) is 10.0. The minimum atomic E-state index is -4.86. The maximum Gasteiger partial charge on any atom is 0.573 e. The monoisotopic (exact) mass is 455 g/mol. The number of aryl methyl sites for hydroxylation is 2. The van der Waals surface area contributed by atoms with Gasteiger partial charge in [-0.15, -0.1) is 13.2 Å². The summed E-state index contributed by atoms with van der Waals surface area (Å²) in [5.41, 5.74) is 3.54. The van der Waals surface area contributed by atoms with Crippen molar-refractivity contribution < 1.29 is 27.8 Å². The molecule has 33 heavy (non-hydrogen) atoms. The molecule has 6 nitrogen and oxygen atoms in total. The van der Waals surface area contributed by atoms with E-state index in [4.69, 9.17) is 0 Å². The number of para-hydroxylation sites is 1. The van der Waals surface area contributed by atoms with Crippen LogP contribution in [0.3, 0.4) is 0 Å². The number of amides is 1. The Kier molecular flexibility index (Phi) is 5.71. The van der Waals surface area contributed by atoms with Crippen molar-refractivity contribution in [1.82, 2.24) is 4.98 Å². The number of nitrogens with zero attached hydrogens (tertiary/aromatic N) is 2. The zero-order chi connectivity index (χ0) is 23.8. The number of phenolic OH excluding ortho intramolecular Hbond substituents is 1. The van der Waals surface area contributed by atoms with E-state index in [0.29, 0.717) is 16.9 Å². The molecule has 9 heteroatoms. The fourth-order valence-electron chi connectivity index (χ4n) is 3.79. The first-order valence-electron chi connectivity index (χ1n) is 10.0. The van der Waals surface area contributed by atoms with Crippen LogP contribution in [0.5, 0.6) is 11.5 Å². The highest BCUT2D eigenvalue weighted by atomic mass is 19.4. The van der Waals surface area contributed by atoms with Crippen molar-refractivity contribution in [2.75, 3.05) is 10.2 Å². The van der Waals surface area contributed by atoms with E-state index in [1.807, 2.05) is 32.0 Å². The quantitative estimate of drug-likeness (QED) is 0.550. The second-order valence-electron chi connectivity index (χ2n) is 7.55. The number of aromatic hydroxyl groups is 1. The van der Waals surface area contributed by atoms with E-state index in [-0.39, 0.29) is 17.2 Å². The van der Waals surface area contributed by atoms with Gasteiger partial charge in [0.2, 0.25) is 0 Å². The maximum absolute atomic E-state index is 13.5. The molecule has 0 aliphatic carbocycles. The number of carbonyl (C=O) groups excluding carboxylic acids is 1. The Morgan fingerprint density at radius 3 is 2.58 bits per heavy atom. The summed E-state index contributed by atoms with van der Waals surface area (Å²) in [5.74, 6) is -0.950. The van der Waals surface area contributed by atoms with E-state index in [1.165, 1.54) is 18.5 Å². The van der Waals surface area contributed by atoms with Crippen molar-refractivity contribution in [3.05, 3.63) is 83.2 Å². The number of hydrogen-bond acceptors (Lipinski definition) is 5. The third-order valence-electron chi connectivity index (χ3n) is 5.22. The summed E-state index contributed by atoms with van der Waals surface area (Å²) in [4.78, 5) is 19.1. The van der Waals surface area contributed by atoms with Gasteiger partial charge < -0.3 is 15.2 Å². The number of carbonyl (C=O) groups is 1. The molecule has 0 bridgehead atoms. The largest absolute Gasteiger partial charge is 0.573 e. The van der Waals surface area contributed by atoms with Gasteiger partial charge in [-0.25, -0.2) is 0 Å². The Hall–Kier alpha value is -4.01. The number of hydrogen-bond donors (Lipinski definition) is 2. The molecule has 1 amide bonds. The summed E-state index contributed by atoms with van der Waals surface area (Å²) >= 11 is 0. The molecule has 0 saturated carbocycles. The number of alkyl halides is 3. The Balaban J connectivity index is 1.76. The van der Waals surface area contributed by atoms with Crippen molar-refractivity contribution in [3.8, 4) is 11.5 Å². The number of halogens is 3. The van der Waals surface area contributed by atoms with Crippen LogP contribution in [0.1, 0.15) is 27.0 Å².